The van der Waals surface area contributed by atoms with Crippen LogP contribution in [-0.4, -0.2) is 30.5 Å². The van der Waals surface area contributed by atoms with Crippen LogP contribution >= 0.6 is 0 Å². The van der Waals surface area contributed by atoms with E-state index in [4.69, 9.17) is 4.74 Å². The third-order valence-corrected chi connectivity index (χ3v) is 2.70. The van der Waals surface area contributed by atoms with Crippen LogP contribution in [0.25, 0.3) is 10.9 Å². The van der Waals surface area contributed by atoms with Gasteiger partial charge in [-0.3, -0.25) is 9.98 Å². The van der Waals surface area contributed by atoms with Gasteiger partial charge in [0.25, 0.3) is 0 Å². The van der Waals surface area contributed by atoms with Crippen LogP contribution in [0.3, 0.4) is 0 Å². The van der Waals surface area contributed by atoms with E-state index in [1.54, 1.807) is 6.20 Å². The second-order valence-corrected chi connectivity index (χ2v) is 3.88. The van der Waals surface area contributed by atoms with Crippen LogP contribution in [0.5, 0.6) is 5.75 Å². The third kappa shape index (κ3) is 2.06. The van der Waals surface area contributed by atoms with E-state index in [0.717, 1.165) is 35.6 Å². The van der Waals surface area contributed by atoms with Crippen molar-refractivity contribution in [2.75, 3.05) is 19.7 Å². The van der Waals surface area contributed by atoms with Crippen molar-refractivity contribution < 1.29 is 4.74 Å². The standard InChI is InChI=1S/C13H13N3O/c1-3-10-4-2-6-16-13(10)11(5-1)17-9-12-14-7-8-15-12/h1-6H,7-9H2,(H,14,15). The number of pyridine rings is 1. The van der Waals surface area contributed by atoms with Crippen LogP contribution < -0.4 is 10.1 Å². The summed E-state index contributed by atoms with van der Waals surface area (Å²) in [6.07, 6.45) is 1.78. The number of para-hydroxylation sites is 1. The van der Waals surface area contributed by atoms with Crippen molar-refractivity contribution in [1.82, 2.24) is 10.3 Å². The Morgan fingerprint density at radius 2 is 2.18 bits per heavy atom. The molecule has 0 aliphatic carbocycles. The number of nitrogens with one attached hydrogen (secondary N) is 1. The Labute approximate surface area is 99.3 Å². The normalized spacial score (nSPS) is 14.5. The molecule has 1 aromatic carbocycles. The number of aromatic nitrogens is 1. The Morgan fingerprint density at radius 1 is 1.24 bits per heavy atom. The summed E-state index contributed by atoms with van der Waals surface area (Å²) < 4.78 is 5.75. The average molecular weight is 227 g/mol. The van der Waals surface area contributed by atoms with Gasteiger partial charge in [-0.1, -0.05) is 18.2 Å². The second-order valence-electron chi connectivity index (χ2n) is 3.88. The molecule has 0 spiro atoms. The zero-order chi connectivity index (χ0) is 11.5. The topological polar surface area (TPSA) is 46.5 Å². The smallest absolute Gasteiger partial charge is 0.146 e. The molecule has 0 saturated heterocycles. The van der Waals surface area contributed by atoms with Crippen LogP contribution in [0, 0.1) is 0 Å². The molecule has 17 heavy (non-hydrogen) atoms. The van der Waals surface area contributed by atoms with E-state index in [9.17, 15) is 0 Å². The Balaban J connectivity index is 1.84. The number of fused-ring (bicyclic) bond motifs is 1. The summed E-state index contributed by atoms with van der Waals surface area (Å²) in [5.74, 6) is 1.72. The van der Waals surface area contributed by atoms with Crippen molar-refractivity contribution >= 4 is 16.7 Å². The predicted octanol–water partition coefficient (Wildman–Crippen LogP) is 1.62. The zero-order valence-electron chi connectivity index (χ0n) is 9.39. The molecule has 1 aromatic heterocycles. The molecule has 3 rings (SSSR count). The molecule has 0 amide bonds. The largest absolute Gasteiger partial charge is 0.483 e. The molecule has 0 bridgehead atoms. The molecule has 4 heteroatoms. The van der Waals surface area contributed by atoms with Crippen molar-refractivity contribution in [2.45, 2.75) is 0 Å². The Kier molecular flexibility index (Phi) is 2.62. The van der Waals surface area contributed by atoms with Crippen LogP contribution in [-0.2, 0) is 0 Å². The number of amidine groups is 1. The summed E-state index contributed by atoms with van der Waals surface area (Å²) in [6.45, 7) is 2.23. The lowest BCUT2D eigenvalue weighted by molar-refractivity contribution is 0.377. The van der Waals surface area contributed by atoms with E-state index >= 15 is 0 Å². The molecule has 0 atom stereocenters. The maximum atomic E-state index is 5.75. The number of hydrogen-bond acceptors (Lipinski definition) is 4. The lowest BCUT2D eigenvalue weighted by Crippen LogP contribution is -2.24. The van der Waals surface area contributed by atoms with Crippen LogP contribution in [0.15, 0.2) is 41.5 Å². The van der Waals surface area contributed by atoms with Crippen molar-refractivity contribution in [3.63, 3.8) is 0 Å². The van der Waals surface area contributed by atoms with Gasteiger partial charge in [0.1, 0.15) is 23.7 Å². The number of hydrogen-bond donors (Lipinski definition) is 1. The molecular formula is C13H13N3O. The molecule has 1 aliphatic heterocycles. The van der Waals surface area contributed by atoms with Crippen molar-refractivity contribution in [1.29, 1.82) is 0 Å². The molecule has 4 nitrogen and oxygen atoms in total. The minimum Gasteiger partial charge on any atom is -0.483 e. The molecule has 2 aromatic rings. The van der Waals surface area contributed by atoms with Crippen molar-refractivity contribution in [3.05, 3.63) is 36.5 Å². The van der Waals surface area contributed by atoms with Crippen LogP contribution in [0.2, 0.25) is 0 Å². The number of ether oxygens (including phenoxy) is 1. The van der Waals surface area contributed by atoms with Gasteiger partial charge in [-0.05, 0) is 12.1 Å². The van der Waals surface area contributed by atoms with Crippen LogP contribution in [0.4, 0.5) is 0 Å². The van der Waals surface area contributed by atoms with E-state index in [1.165, 1.54) is 0 Å². The predicted molar refractivity (Wildman–Crippen MR) is 67.5 cm³/mol. The highest BCUT2D eigenvalue weighted by atomic mass is 16.5. The fourth-order valence-electron chi connectivity index (χ4n) is 1.88. The summed E-state index contributed by atoms with van der Waals surface area (Å²) in [7, 11) is 0. The average Bonchev–Trinajstić information content (AvgIpc) is 2.89. The number of benzene rings is 1. The molecule has 0 unspecified atom stereocenters. The highest BCUT2D eigenvalue weighted by molar-refractivity contribution is 5.87. The quantitative estimate of drug-likeness (QED) is 0.866. The third-order valence-electron chi connectivity index (χ3n) is 2.70. The summed E-state index contributed by atoms with van der Waals surface area (Å²) >= 11 is 0. The second kappa shape index (κ2) is 4.41. The molecule has 1 N–H and O–H groups in total. The maximum Gasteiger partial charge on any atom is 0.146 e. The highest BCUT2D eigenvalue weighted by Gasteiger charge is 2.07. The van der Waals surface area contributed by atoms with Gasteiger partial charge in [0, 0.05) is 18.1 Å². The van der Waals surface area contributed by atoms with Crippen molar-refractivity contribution in [2.24, 2.45) is 4.99 Å². The van der Waals surface area contributed by atoms with Gasteiger partial charge in [-0.25, -0.2) is 0 Å². The maximum absolute atomic E-state index is 5.75. The van der Waals surface area contributed by atoms with Crippen LogP contribution in [0.1, 0.15) is 0 Å². The molecule has 2 heterocycles. The summed E-state index contributed by atoms with van der Waals surface area (Å²) in [6, 6.07) is 9.89. The molecular weight excluding hydrogens is 214 g/mol. The van der Waals surface area contributed by atoms with Gasteiger partial charge < -0.3 is 10.1 Å². The number of aliphatic imine (C=N–C) groups is 1. The van der Waals surface area contributed by atoms with E-state index in [-0.39, 0.29) is 0 Å². The lowest BCUT2D eigenvalue weighted by Gasteiger charge is -2.08. The van der Waals surface area contributed by atoms with E-state index in [2.05, 4.69) is 15.3 Å². The first-order valence-electron chi connectivity index (χ1n) is 5.67. The van der Waals surface area contributed by atoms with Crippen molar-refractivity contribution in [3.8, 4) is 5.75 Å². The van der Waals surface area contributed by atoms with Gasteiger partial charge in [-0.15, -0.1) is 0 Å². The summed E-state index contributed by atoms with van der Waals surface area (Å²) in [4.78, 5) is 8.63. The fraction of sp³-hybridized carbons (Fsp3) is 0.231. The minimum absolute atomic E-state index is 0.482. The molecule has 0 radical (unpaired) electrons. The fourth-order valence-corrected chi connectivity index (χ4v) is 1.88. The van der Waals surface area contributed by atoms with Gasteiger partial charge in [0.05, 0.1) is 6.54 Å². The Morgan fingerprint density at radius 3 is 3.06 bits per heavy atom. The van der Waals surface area contributed by atoms with E-state index in [0.29, 0.717) is 6.61 Å². The highest BCUT2D eigenvalue weighted by Crippen LogP contribution is 2.22. The Bertz CT molecular complexity index is 560. The summed E-state index contributed by atoms with van der Waals surface area (Å²) in [5, 5.41) is 4.27. The SMILES string of the molecule is c1cnc2c(OCC3=NCCN3)cccc2c1. The summed E-state index contributed by atoms with van der Waals surface area (Å²) in [5.41, 5.74) is 0.897. The lowest BCUT2D eigenvalue weighted by atomic mass is 10.2. The van der Waals surface area contributed by atoms with Gasteiger partial charge in [-0.2, -0.15) is 0 Å². The number of nitrogens with zero attached hydrogens (tertiary/aromatic N) is 2. The van der Waals surface area contributed by atoms with Gasteiger partial charge >= 0.3 is 0 Å². The first kappa shape index (κ1) is 10.1. The zero-order valence-corrected chi connectivity index (χ0v) is 9.39. The van der Waals surface area contributed by atoms with E-state index < -0.39 is 0 Å². The molecule has 0 saturated carbocycles. The number of rotatable bonds is 3. The molecule has 0 fully saturated rings. The molecule has 86 valence electrons. The minimum atomic E-state index is 0.482. The molecule has 1 aliphatic rings. The van der Waals surface area contributed by atoms with Gasteiger partial charge in [0.2, 0.25) is 0 Å². The monoisotopic (exact) mass is 227 g/mol. The van der Waals surface area contributed by atoms with E-state index in [1.807, 2.05) is 30.3 Å². The first-order valence-corrected chi connectivity index (χ1v) is 5.67. The Hall–Kier alpha value is -2.10. The first-order chi connectivity index (χ1) is 8.43. The van der Waals surface area contributed by atoms with Gasteiger partial charge in [0.15, 0.2) is 0 Å².